The summed E-state index contributed by atoms with van der Waals surface area (Å²) in [6, 6.07) is 11.8. The Morgan fingerprint density at radius 3 is 2.88 bits per heavy atom. The molecule has 1 unspecified atom stereocenters. The number of hydrogen-bond donors (Lipinski definition) is 0. The molecule has 1 aromatic heterocycles. The molecule has 3 aromatic rings. The van der Waals surface area contributed by atoms with E-state index in [0.717, 1.165) is 10.0 Å². The van der Waals surface area contributed by atoms with Gasteiger partial charge in [0.05, 0.1) is 11.6 Å². The molecule has 8 heteroatoms. The largest absolute Gasteiger partial charge is 0.339 e. The molecule has 0 aliphatic carbocycles. The number of aromatic nitrogens is 2. The van der Waals surface area contributed by atoms with Gasteiger partial charge in [-0.25, -0.2) is 4.39 Å². The summed E-state index contributed by atoms with van der Waals surface area (Å²) in [4.78, 5) is 18.1. The Kier molecular flexibility index (Phi) is 4.50. The zero-order chi connectivity index (χ0) is 18.3. The van der Waals surface area contributed by atoms with Gasteiger partial charge in [-0.05, 0) is 30.3 Å². The summed E-state index contributed by atoms with van der Waals surface area (Å²) < 4.78 is 20.4. The van der Waals surface area contributed by atoms with Gasteiger partial charge in [0.2, 0.25) is 17.6 Å². The molecule has 1 atom stereocenters. The molecule has 0 radical (unpaired) electrons. The van der Waals surface area contributed by atoms with Gasteiger partial charge in [0.15, 0.2) is 0 Å². The average molecular weight is 437 g/mol. The summed E-state index contributed by atoms with van der Waals surface area (Å²) in [6.07, 6.45) is 0.183. The van der Waals surface area contributed by atoms with Crippen LogP contribution in [0.4, 0.5) is 10.1 Å². The Morgan fingerprint density at radius 2 is 2.12 bits per heavy atom. The van der Waals surface area contributed by atoms with E-state index in [1.54, 1.807) is 6.07 Å². The number of halogens is 3. The fourth-order valence-electron chi connectivity index (χ4n) is 2.95. The summed E-state index contributed by atoms with van der Waals surface area (Å²) in [5, 5.41) is 4.28. The molecule has 5 nitrogen and oxygen atoms in total. The van der Waals surface area contributed by atoms with Crippen molar-refractivity contribution in [3.63, 3.8) is 0 Å². The molecular formula is C18H12BrClFN3O2. The Balaban J connectivity index is 1.58. The topological polar surface area (TPSA) is 59.2 Å². The first-order valence-corrected chi connectivity index (χ1v) is 9.03. The van der Waals surface area contributed by atoms with E-state index in [-0.39, 0.29) is 35.5 Å². The molecule has 1 amide bonds. The lowest BCUT2D eigenvalue weighted by Crippen LogP contribution is -2.25. The maximum atomic E-state index is 14.1. The first kappa shape index (κ1) is 17.2. The predicted molar refractivity (Wildman–Crippen MR) is 98.6 cm³/mol. The lowest BCUT2D eigenvalue weighted by molar-refractivity contribution is -0.117. The van der Waals surface area contributed by atoms with Crippen LogP contribution >= 0.6 is 27.5 Å². The van der Waals surface area contributed by atoms with E-state index in [4.69, 9.17) is 16.1 Å². The van der Waals surface area contributed by atoms with Crippen molar-refractivity contribution < 1.29 is 13.7 Å². The number of rotatable bonds is 3. The molecule has 132 valence electrons. The van der Waals surface area contributed by atoms with Crippen LogP contribution in [0.5, 0.6) is 0 Å². The zero-order valence-electron chi connectivity index (χ0n) is 13.3. The molecule has 0 bridgehead atoms. The molecule has 1 aliphatic rings. The van der Waals surface area contributed by atoms with Crippen molar-refractivity contribution in [1.82, 2.24) is 10.1 Å². The maximum Gasteiger partial charge on any atom is 0.232 e. The molecule has 0 spiro atoms. The molecule has 2 heterocycles. The standard InChI is InChI=1S/C18H12BrClFN3O2/c19-12-3-1-2-10(6-12)17-22-18(26-23-17)11-7-16(25)24(9-11)15-5-4-13(20)8-14(15)21/h1-6,8,11H,7,9H2. The second-order valence-corrected chi connectivity index (χ2v) is 7.32. The van der Waals surface area contributed by atoms with Crippen LogP contribution in [0, 0.1) is 5.82 Å². The molecule has 26 heavy (non-hydrogen) atoms. The second-order valence-electron chi connectivity index (χ2n) is 5.97. The van der Waals surface area contributed by atoms with Crippen molar-refractivity contribution in [2.75, 3.05) is 11.4 Å². The summed E-state index contributed by atoms with van der Waals surface area (Å²) in [5.41, 5.74) is 1.01. The van der Waals surface area contributed by atoms with Gasteiger partial charge in [0.25, 0.3) is 0 Å². The lowest BCUT2D eigenvalue weighted by atomic mass is 10.1. The smallest absolute Gasteiger partial charge is 0.232 e. The SMILES string of the molecule is O=C1CC(c2nc(-c3cccc(Br)c3)no2)CN1c1ccc(Cl)cc1F. The first-order valence-electron chi connectivity index (χ1n) is 7.86. The van der Waals surface area contributed by atoms with Crippen molar-refractivity contribution in [3.05, 3.63) is 63.7 Å². The minimum Gasteiger partial charge on any atom is -0.339 e. The van der Waals surface area contributed by atoms with Crippen LogP contribution in [0.15, 0.2) is 51.5 Å². The lowest BCUT2D eigenvalue weighted by Gasteiger charge is -2.16. The summed E-state index contributed by atoms with van der Waals surface area (Å²) in [6.45, 7) is 0.275. The molecule has 4 rings (SSSR count). The van der Waals surface area contributed by atoms with E-state index >= 15 is 0 Å². The number of benzene rings is 2. The number of carbonyl (C=O) groups is 1. The fourth-order valence-corrected chi connectivity index (χ4v) is 3.51. The Morgan fingerprint density at radius 1 is 1.27 bits per heavy atom. The number of carbonyl (C=O) groups excluding carboxylic acids is 1. The van der Waals surface area contributed by atoms with Gasteiger partial charge in [-0.2, -0.15) is 4.98 Å². The van der Waals surface area contributed by atoms with E-state index < -0.39 is 5.82 Å². The maximum absolute atomic E-state index is 14.1. The van der Waals surface area contributed by atoms with Gasteiger partial charge < -0.3 is 9.42 Å². The van der Waals surface area contributed by atoms with Gasteiger partial charge in [0.1, 0.15) is 5.82 Å². The van der Waals surface area contributed by atoms with Crippen molar-refractivity contribution >= 4 is 39.1 Å². The van der Waals surface area contributed by atoms with Crippen molar-refractivity contribution in [2.45, 2.75) is 12.3 Å². The number of nitrogens with zero attached hydrogens (tertiary/aromatic N) is 3. The normalized spacial score (nSPS) is 17.1. The van der Waals surface area contributed by atoms with Gasteiger partial charge >= 0.3 is 0 Å². The van der Waals surface area contributed by atoms with Gasteiger partial charge in [-0.3, -0.25) is 4.79 Å². The van der Waals surface area contributed by atoms with Gasteiger partial charge in [0, 0.05) is 28.0 Å². The molecule has 2 aromatic carbocycles. The van der Waals surface area contributed by atoms with Crippen LogP contribution in [0.3, 0.4) is 0 Å². The van der Waals surface area contributed by atoms with Gasteiger partial charge in [-0.1, -0.05) is 44.8 Å². The van der Waals surface area contributed by atoms with Crippen molar-refractivity contribution in [1.29, 1.82) is 0 Å². The van der Waals surface area contributed by atoms with Gasteiger partial charge in [-0.15, -0.1) is 0 Å². The van der Waals surface area contributed by atoms with E-state index in [1.807, 2.05) is 24.3 Å². The minimum absolute atomic E-state index is 0.183. The average Bonchev–Trinajstić information content (AvgIpc) is 3.22. The quantitative estimate of drug-likeness (QED) is 0.591. The van der Waals surface area contributed by atoms with Crippen LogP contribution < -0.4 is 4.90 Å². The van der Waals surface area contributed by atoms with E-state index in [2.05, 4.69) is 26.1 Å². The molecule has 1 fully saturated rings. The van der Waals surface area contributed by atoms with E-state index in [9.17, 15) is 9.18 Å². The highest BCUT2D eigenvalue weighted by Crippen LogP contribution is 2.34. The Labute approximate surface area is 161 Å². The van der Waals surface area contributed by atoms with Crippen LogP contribution in [-0.4, -0.2) is 22.6 Å². The van der Waals surface area contributed by atoms with Crippen LogP contribution in [0.1, 0.15) is 18.2 Å². The van der Waals surface area contributed by atoms with Crippen molar-refractivity contribution in [2.24, 2.45) is 0 Å². The van der Waals surface area contributed by atoms with Crippen molar-refractivity contribution in [3.8, 4) is 11.4 Å². The molecule has 1 saturated heterocycles. The highest BCUT2D eigenvalue weighted by molar-refractivity contribution is 9.10. The summed E-state index contributed by atoms with van der Waals surface area (Å²) in [5.74, 6) is -0.202. The molecule has 0 N–H and O–H groups in total. The third-order valence-corrected chi connectivity index (χ3v) is 4.93. The summed E-state index contributed by atoms with van der Waals surface area (Å²) >= 11 is 9.18. The summed E-state index contributed by atoms with van der Waals surface area (Å²) in [7, 11) is 0. The van der Waals surface area contributed by atoms with Crippen LogP contribution in [-0.2, 0) is 4.79 Å². The Bertz CT molecular complexity index is 994. The second kappa shape index (κ2) is 6.81. The minimum atomic E-state index is -0.535. The number of anilines is 1. The number of amides is 1. The molecule has 1 aliphatic heterocycles. The molecule has 0 saturated carbocycles. The molecular weight excluding hydrogens is 425 g/mol. The van der Waals surface area contributed by atoms with E-state index in [0.29, 0.717) is 11.7 Å². The first-order chi connectivity index (χ1) is 12.5. The zero-order valence-corrected chi connectivity index (χ0v) is 15.7. The van der Waals surface area contributed by atoms with Crippen LogP contribution in [0.2, 0.25) is 5.02 Å². The predicted octanol–water partition coefficient (Wildman–Crippen LogP) is 4.81. The number of hydrogen-bond acceptors (Lipinski definition) is 4. The monoisotopic (exact) mass is 435 g/mol. The van der Waals surface area contributed by atoms with Crippen LogP contribution in [0.25, 0.3) is 11.4 Å². The highest BCUT2D eigenvalue weighted by Gasteiger charge is 2.36. The fraction of sp³-hybridized carbons (Fsp3) is 0.167. The third-order valence-electron chi connectivity index (χ3n) is 4.20. The third kappa shape index (κ3) is 3.24. The highest BCUT2D eigenvalue weighted by atomic mass is 79.9. The van der Waals surface area contributed by atoms with E-state index in [1.165, 1.54) is 17.0 Å². The Hall–Kier alpha value is -2.25.